The molecule has 0 saturated carbocycles. The number of benzene rings is 2. The minimum atomic E-state index is -0.0330. The number of hydrogen-bond acceptors (Lipinski definition) is 3. The molecule has 0 aliphatic heterocycles. The van der Waals surface area contributed by atoms with Gasteiger partial charge in [-0.3, -0.25) is 9.52 Å². The number of carbonyl (C=O) groups is 1. The summed E-state index contributed by atoms with van der Waals surface area (Å²) in [6.07, 6.45) is 0. The minimum absolute atomic E-state index is 0.000566. The van der Waals surface area contributed by atoms with Crippen LogP contribution in [0.15, 0.2) is 53.0 Å². The molecule has 0 fully saturated rings. The summed E-state index contributed by atoms with van der Waals surface area (Å²) in [6, 6.07) is 15.6. The van der Waals surface area contributed by atoms with Crippen molar-refractivity contribution in [3.05, 3.63) is 69.7 Å². The number of rotatable bonds is 4. The smallest absolute Gasteiger partial charge is 0.253 e. The van der Waals surface area contributed by atoms with E-state index in [1.165, 1.54) is 0 Å². The van der Waals surface area contributed by atoms with Crippen LogP contribution in [0.25, 0.3) is 0 Å². The molecule has 0 heterocycles. The van der Waals surface area contributed by atoms with Gasteiger partial charge in [0.05, 0.1) is 6.04 Å². The van der Waals surface area contributed by atoms with Crippen molar-refractivity contribution in [1.29, 1.82) is 0 Å². The molecular formula is C16H17BrN2OS. The fourth-order valence-corrected chi connectivity index (χ4v) is 2.82. The van der Waals surface area contributed by atoms with Crippen molar-refractivity contribution in [2.24, 2.45) is 0 Å². The van der Waals surface area contributed by atoms with Crippen molar-refractivity contribution >= 4 is 34.7 Å². The van der Waals surface area contributed by atoms with Crippen molar-refractivity contribution in [2.75, 3.05) is 14.1 Å². The van der Waals surface area contributed by atoms with Crippen molar-refractivity contribution < 1.29 is 4.79 Å². The molecule has 0 aliphatic carbocycles. The lowest BCUT2D eigenvalue weighted by atomic mass is 9.98. The van der Waals surface area contributed by atoms with E-state index >= 15 is 0 Å². The van der Waals surface area contributed by atoms with E-state index in [2.05, 4.69) is 33.5 Å². The van der Waals surface area contributed by atoms with Crippen LogP contribution in [-0.4, -0.2) is 24.9 Å². The summed E-state index contributed by atoms with van der Waals surface area (Å²) in [4.78, 5) is 13.5. The van der Waals surface area contributed by atoms with Gasteiger partial charge in [0, 0.05) is 24.1 Å². The van der Waals surface area contributed by atoms with Gasteiger partial charge in [-0.2, -0.15) is 0 Å². The van der Waals surface area contributed by atoms with Crippen molar-refractivity contribution in [1.82, 2.24) is 9.62 Å². The molecule has 2 aromatic carbocycles. The predicted octanol–water partition coefficient (Wildman–Crippen LogP) is 3.67. The summed E-state index contributed by atoms with van der Waals surface area (Å²) < 4.78 is 4.03. The molecule has 0 aromatic heterocycles. The monoisotopic (exact) mass is 364 g/mol. The molecule has 110 valence electrons. The van der Waals surface area contributed by atoms with E-state index < -0.39 is 0 Å². The van der Waals surface area contributed by atoms with Crippen LogP contribution in [0.4, 0.5) is 0 Å². The lowest BCUT2D eigenvalue weighted by Gasteiger charge is -2.17. The highest BCUT2D eigenvalue weighted by atomic mass is 79.9. The predicted molar refractivity (Wildman–Crippen MR) is 92.6 cm³/mol. The third-order valence-corrected chi connectivity index (χ3v) is 3.96. The molecule has 1 atom stereocenters. The van der Waals surface area contributed by atoms with Gasteiger partial charge in [0.2, 0.25) is 0 Å². The molecular weight excluding hydrogens is 348 g/mol. The Balaban J connectivity index is 2.29. The van der Waals surface area contributed by atoms with E-state index in [-0.39, 0.29) is 11.9 Å². The highest BCUT2D eigenvalue weighted by Crippen LogP contribution is 2.25. The number of amides is 1. The molecule has 2 aromatic rings. The summed E-state index contributed by atoms with van der Waals surface area (Å²) >= 11 is 7.71. The second-order valence-corrected chi connectivity index (χ2v) is 6.11. The molecule has 1 N–H and O–H groups in total. The number of halogens is 1. The van der Waals surface area contributed by atoms with Crippen LogP contribution in [0, 0.1) is 0 Å². The molecule has 21 heavy (non-hydrogen) atoms. The standard InChI is InChI=1S/C16H17BrN2OS/c1-19(2)16(20)12-8-6-11(7-9-12)15(18-21)13-4-3-5-14(17)10-13/h3-10,15,18,21H,1-2H3. The van der Waals surface area contributed by atoms with E-state index in [9.17, 15) is 4.79 Å². The Labute approximate surface area is 139 Å². The number of hydrogen-bond donors (Lipinski definition) is 2. The topological polar surface area (TPSA) is 32.3 Å². The van der Waals surface area contributed by atoms with Gasteiger partial charge in [-0.1, -0.05) is 53.0 Å². The molecule has 0 saturated heterocycles. The van der Waals surface area contributed by atoms with Gasteiger partial charge >= 0.3 is 0 Å². The zero-order chi connectivity index (χ0) is 15.4. The van der Waals surface area contributed by atoms with E-state index in [0.29, 0.717) is 5.56 Å². The lowest BCUT2D eigenvalue weighted by Crippen LogP contribution is -2.21. The Bertz CT molecular complexity index is 628. The van der Waals surface area contributed by atoms with Gasteiger partial charge in [-0.25, -0.2) is 0 Å². The maximum atomic E-state index is 11.9. The largest absolute Gasteiger partial charge is 0.345 e. The highest BCUT2D eigenvalue weighted by molar-refractivity contribution is 9.10. The molecule has 0 bridgehead atoms. The Morgan fingerprint density at radius 1 is 1.14 bits per heavy atom. The number of thiol groups is 1. The zero-order valence-electron chi connectivity index (χ0n) is 11.9. The second kappa shape index (κ2) is 7.11. The molecule has 1 unspecified atom stereocenters. The first-order valence-electron chi connectivity index (χ1n) is 6.49. The molecule has 0 aliphatic rings. The van der Waals surface area contributed by atoms with E-state index in [0.717, 1.165) is 15.6 Å². The van der Waals surface area contributed by atoms with Crippen LogP contribution >= 0.6 is 28.7 Å². The maximum Gasteiger partial charge on any atom is 0.253 e. The quantitative estimate of drug-likeness (QED) is 0.811. The average molecular weight is 365 g/mol. The fourth-order valence-electron chi connectivity index (χ4n) is 2.10. The summed E-state index contributed by atoms with van der Waals surface area (Å²) in [7, 11) is 3.49. The fraction of sp³-hybridized carbons (Fsp3) is 0.188. The minimum Gasteiger partial charge on any atom is -0.345 e. The van der Waals surface area contributed by atoms with Crippen LogP contribution in [-0.2, 0) is 0 Å². The molecule has 0 radical (unpaired) electrons. The number of nitrogens with one attached hydrogen (secondary N) is 1. The van der Waals surface area contributed by atoms with E-state index in [1.54, 1.807) is 19.0 Å². The van der Waals surface area contributed by atoms with Gasteiger partial charge in [0.25, 0.3) is 5.91 Å². The molecule has 5 heteroatoms. The van der Waals surface area contributed by atoms with E-state index in [1.807, 2.05) is 48.5 Å². The highest BCUT2D eigenvalue weighted by Gasteiger charge is 2.14. The SMILES string of the molecule is CN(C)C(=O)c1ccc(C(NS)c2cccc(Br)c2)cc1. The number of carbonyl (C=O) groups excluding carboxylic acids is 1. The summed E-state index contributed by atoms with van der Waals surface area (Å²) in [5.74, 6) is -0.000566. The summed E-state index contributed by atoms with van der Waals surface area (Å²) in [5.41, 5.74) is 2.83. The second-order valence-electron chi connectivity index (χ2n) is 4.94. The Kier molecular flexibility index (Phi) is 5.45. The van der Waals surface area contributed by atoms with Crippen LogP contribution in [0.2, 0.25) is 0 Å². The zero-order valence-corrected chi connectivity index (χ0v) is 14.4. The van der Waals surface area contributed by atoms with Gasteiger partial charge in [0.1, 0.15) is 0 Å². The van der Waals surface area contributed by atoms with Crippen molar-refractivity contribution in [2.45, 2.75) is 6.04 Å². The first-order valence-corrected chi connectivity index (χ1v) is 7.73. The van der Waals surface area contributed by atoms with Crippen molar-refractivity contribution in [3.63, 3.8) is 0 Å². The van der Waals surface area contributed by atoms with E-state index in [4.69, 9.17) is 0 Å². The first-order chi connectivity index (χ1) is 10.0. The van der Waals surface area contributed by atoms with Crippen LogP contribution in [0.5, 0.6) is 0 Å². The average Bonchev–Trinajstić information content (AvgIpc) is 2.48. The van der Waals surface area contributed by atoms with Gasteiger partial charge in [0.15, 0.2) is 0 Å². The summed E-state index contributed by atoms with van der Waals surface area (Å²) in [5, 5.41) is 0. The van der Waals surface area contributed by atoms with Crippen LogP contribution < -0.4 is 4.72 Å². The Morgan fingerprint density at radius 2 is 1.81 bits per heavy atom. The Morgan fingerprint density at radius 3 is 2.33 bits per heavy atom. The lowest BCUT2D eigenvalue weighted by molar-refractivity contribution is 0.0827. The molecule has 1 amide bonds. The molecule has 0 spiro atoms. The van der Waals surface area contributed by atoms with Crippen LogP contribution in [0.3, 0.4) is 0 Å². The van der Waals surface area contributed by atoms with Crippen molar-refractivity contribution in [3.8, 4) is 0 Å². The summed E-state index contributed by atoms with van der Waals surface area (Å²) in [6.45, 7) is 0. The third kappa shape index (κ3) is 3.87. The molecule has 3 nitrogen and oxygen atoms in total. The maximum absolute atomic E-state index is 11.9. The van der Waals surface area contributed by atoms with Crippen LogP contribution in [0.1, 0.15) is 27.5 Å². The Hall–Kier alpha value is -1.30. The van der Waals surface area contributed by atoms with Gasteiger partial charge < -0.3 is 4.90 Å². The molecule has 2 rings (SSSR count). The first kappa shape index (κ1) is 16.1. The van der Waals surface area contributed by atoms with Gasteiger partial charge in [-0.15, -0.1) is 0 Å². The third-order valence-electron chi connectivity index (χ3n) is 3.21. The van der Waals surface area contributed by atoms with Gasteiger partial charge in [-0.05, 0) is 35.4 Å². The number of nitrogens with zero attached hydrogens (tertiary/aromatic N) is 1. The normalized spacial score (nSPS) is 12.0.